The van der Waals surface area contributed by atoms with Gasteiger partial charge in [0.25, 0.3) is 0 Å². The van der Waals surface area contributed by atoms with Crippen LogP contribution in [0.25, 0.3) is 128 Å². The van der Waals surface area contributed by atoms with Crippen molar-refractivity contribution in [2.24, 2.45) is 0 Å². The van der Waals surface area contributed by atoms with E-state index in [2.05, 4.69) is 100 Å². The van der Waals surface area contributed by atoms with Gasteiger partial charge < -0.3 is 4.42 Å². The standard InChI is InChI=1S/C54H31N7O/c1-3-13-32(14-4-1)50-58-51(33-15-5-2-6-16-33)60-52(59-50)37-28-35(43-30-34-17-7-8-18-38(34)39-19-9-10-20-40(39)43)27-36(29-37)44-23-24-47-49(56-44)48-41-21-11-12-22-42(41)53-57-45-31-55-26-25-46(45)61(53)54(48)62-47/h1-31H. The Hall–Kier alpha value is -8.62. The second kappa shape index (κ2) is 13.5. The lowest BCUT2D eigenvalue weighted by atomic mass is 9.91. The molecule has 6 aromatic heterocycles. The lowest BCUT2D eigenvalue weighted by Gasteiger charge is -2.15. The summed E-state index contributed by atoms with van der Waals surface area (Å²) >= 11 is 0. The molecule has 8 nitrogen and oxygen atoms in total. The molecule has 0 saturated carbocycles. The van der Waals surface area contributed by atoms with Crippen LogP contribution in [0.5, 0.6) is 0 Å². The fourth-order valence-corrected chi connectivity index (χ4v) is 9.03. The molecule has 0 spiro atoms. The van der Waals surface area contributed by atoms with Crippen LogP contribution in [0.15, 0.2) is 193 Å². The number of rotatable bonds is 5. The molecule has 288 valence electrons. The summed E-state index contributed by atoms with van der Waals surface area (Å²) < 4.78 is 8.82. The molecule has 62 heavy (non-hydrogen) atoms. The van der Waals surface area contributed by atoms with Crippen LogP contribution in [0.3, 0.4) is 0 Å². The number of pyridine rings is 3. The minimum atomic E-state index is 0.565. The molecule has 8 heteroatoms. The molecular formula is C54H31N7O. The second-order valence-corrected chi connectivity index (χ2v) is 15.5. The van der Waals surface area contributed by atoms with Crippen molar-refractivity contribution in [2.45, 2.75) is 0 Å². The Labute approximate surface area is 353 Å². The number of hydrogen-bond acceptors (Lipinski definition) is 7. The molecule has 0 aliphatic heterocycles. The number of hydrogen-bond donors (Lipinski definition) is 0. The van der Waals surface area contributed by atoms with E-state index in [0.717, 1.165) is 88.2 Å². The first-order chi connectivity index (χ1) is 30.7. The summed E-state index contributed by atoms with van der Waals surface area (Å²) in [6, 6.07) is 60.6. The number of aromatic nitrogens is 7. The Morgan fingerprint density at radius 3 is 1.81 bits per heavy atom. The van der Waals surface area contributed by atoms with Gasteiger partial charge in [0.1, 0.15) is 16.7 Å². The van der Waals surface area contributed by atoms with Crippen molar-refractivity contribution in [2.75, 3.05) is 0 Å². The van der Waals surface area contributed by atoms with E-state index < -0.39 is 0 Å². The van der Waals surface area contributed by atoms with Crippen LogP contribution < -0.4 is 0 Å². The van der Waals surface area contributed by atoms with E-state index >= 15 is 0 Å². The minimum absolute atomic E-state index is 0.565. The zero-order chi connectivity index (χ0) is 40.7. The maximum atomic E-state index is 6.73. The number of furan rings is 1. The van der Waals surface area contributed by atoms with Crippen molar-refractivity contribution < 1.29 is 4.42 Å². The van der Waals surface area contributed by atoms with Crippen LogP contribution in [0, 0.1) is 0 Å². The van der Waals surface area contributed by atoms with Crippen LogP contribution in [0.1, 0.15) is 0 Å². The van der Waals surface area contributed by atoms with E-state index in [1.54, 1.807) is 12.4 Å². The molecule has 0 saturated heterocycles. The first-order valence-electron chi connectivity index (χ1n) is 20.5. The average molecular weight is 794 g/mol. The Bertz CT molecular complexity index is 3880. The third-order valence-corrected chi connectivity index (χ3v) is 11.9. The molecule has 0 unspecified atom stereocenters. The molecule has 13 rings (SSSR count). The summed E-state index contributed by atoms with van der Waals surface area (Å²) in [5.74, 6) is 1.77. The zero-order valence-corrected chi connectivity index (χ0v) is 32.9. The van der Waals surface area contributed by atoms with Crippen LogP contribution in [-0.2, 0) is 0 Å². The van der Waals surface area contributed by atoms with Crippen LogP contribution in [0.4, 0.5) is 0 Å². The highest BCUT2D eigenvalue weighted by Crippen LogP contribution is 2.41. The quantitative estimate of drug-likeness (QED) is 0.160. The highest BCUT2D eigenvalue weighted by Gasteiger charge is 2.22. The third-order valence-electron chi connectivity index (χ3n) is 11.9. The molecule has 0 amide bonds. The Morgan fingerprint density at radius 1 is 0.435 bits per heavy atom. The van der Waals surface area contributed by atoms with Gasteiger partial charge in [0.2, 0.25) is 5.71 Å². The largest absolute Gasteiger partial charge is 0.437 e. The Balaban J connectivity index is 1.10. The molecule has 0 N–H and O–H groups in total. The summed E-state index contributed by atoms with van der Waals surface area (Å²) in [4.78, 5) is 30.2. The van der Waals surface area contributed by atoms with E-state index in [0.29, 0.717) is 28.8 Å². The predicted molar refractivity (Wildman–Crippen MR) is 249 cm³/mol. The first kappa shape index (κ1) is 34.3. The molecule has 6 heterocycles. The summed E-state index contributed by atoms with van der Waals surface area (Å²) in [5.41, 5.74) is 11.2. The Morgan fingerprint density at radius 2 is 1.05 bits per heavy atom. The second-order valence-electron chi connectivity index (χ2n) is 15.5. The van der Waals surface area contributed by atoms with Gasteiger partial charge in [-0.25, -0.2) is 24.9 Å². The van der Waals surface area contributed by atoms with Crippen LogP contribution >= 0.6 is 0 Å². The summed E-state index contributed by atoms with van der Waals surface area (Å²) in [6.07, 6.45) is 3.58. The van der Waals surface area contributed by atoms with E-state index in [1.807, 2.05) is 84.9 Å². The van der Waals surface area contributed by atoms with Crippen molar-refractivity contribution in [1.29, 1.82) is 0 Å². The number of benzene rings is 7. The SMILES string of the molecule is c1ccc(-c2nc(-c3ccccc3)nc(-c3cc(-c4ccc5oc6c(c7ccccc7c7nc8cnccc8n76)c5n4)cc(-c4cc5ccccc5c5ccccc45)c3)n2)cc1. The van der Waals surface area contributed by atoms with Gasteiger partial charge in [-0.1, -0.05) is 133 Å². The highest BCUT2D eigenvalue weighted by atomic mass is 16.3. The summed E-state index contributed by atoms with van der Waals surface area (Å²) in [5, 5.41) is 7.68. The molecule has 0 fully saturated rings. The molecule has 0 aliphatic rings. The van der Waals surface area contributed by atoms with Gasteiger partial charge >= 0.3 is 0 Å². The summed E-state index contributed by atoms with van der Waals surface area (Å²) in [7, 11) is 0. The van der Waals surface area contributed by atoms with Gasteiger partial charge in [0, 0.05) is 39.2 Å². The molecule has 13 aromatic rings. The zero-order valence-electron chi connectivity index (χ0n) is 32.9. The molecule has 0 radical (unpaired) electrons. The monoisotopic (exact) mass is 793 g/mol. The van der Waals surface area contributed by atoms with Crippen molar-refractivity contribution >= 4 is 71.2 Å². The third kappa shape index (κ3) is 5.33. The predicted octanol–water partition coefficient (Wildman–Crippen LogP) is 13.2. The average Bonchev–Trinajstić information content (AvgIpc) is 3.93. The van der Waals surface area contributed by atoms with E-state index in [1.165, 1.54) is 10.8 Å². The molecule has 0 aliphatic carbocycles. The van der Waals surface area contributed by atoms with E-state index in [-0.39, 0.29) is 0 Å². The van der Waals surface area contributed by atoms with Gasteiger partial charge in [-0.3, -0.25) is 9.38 Å². The number of fused-ring (bicyclic) bond motifs is 13. The smallest absolute Gasteiger partial charge is 0.216 e. The molecular weight excluding hydrogens is 763 g/mol. The Kier molecular flexibility index (Phi) is 7.43. The lowest BCUT2D eigenvalue weighted by Crippen LogP contribution is -2.00. The fraction of sp³-hybridized carbons (Fsp3) is 0. The van der Waals surface area contributed by atoms with Gasteiger partial charge in [0.05, 0.1) is 22.8 Å². The summed E-state index contributed by atoms with van der Waals surface area (Å²) in [6.45, 7) is 0. The van der Waals surface area contributed by atoms with Crippen LogP contribution in [-0.4, -0.2) is 34.3 Å². The lowest BCUT2D eigenvalue weighted by molar-refractivity contribution is 0.650. The first-order valence-corrected chi connectivity index (χ1v) is 20.5. The van der Waals surface area contributed by atoms with Gasteiger partial charge in [-0.05, 0) is 75.1 Å². The van der Waals surface area contributed by atoms with Gasteiger partial charge in [0.15, 0.2) is 23.1 Å². The highest BCUT2D eigenvalue weighted by molar-refractivity contribution is 6.21. The molecule has 7 aromatic carbocycles. The maximum absolute atomic E-state index is 6.73. The number of imidazole rings is 1. The molecule has 0 atom stereocenters. The maximum Gasteiger partial charge on any atom is 0.216 e. The number of nitrogens with zero attached hydrogens (tertiary/aromatic N) is 7. The van der Waals surface area contributed by atoms with E-state index in [9.17, 15) is 0 Å². The van der Waals surface area contributed by atoms with Crippen molar-refractivity contribution in [3.63, 3.8) is 0 Å². The van der Waals surface area contributed by atoms with E-state index in [4.69, 9.17) is 29.3 Å². The normalized spacial score (nSPS) is 11.9. The minimum Gasteiger partial charge on any atom is -0.437 e. The van der Waals surface area contributed by atoms with Crippen molar-refractivity contribution in [1.82, 2.24) is 34.3 Å². The van der Waals surface area contributed by atoms with Gasteiger partial charge in [-0.2, -0.15) is 0 Å². The topological polar surface area (TPSA) is 94.9 Å². The van der Waals surface area contributed by atoms with Crippen molar-refractivity contribution in [3.8, 4) is 56.5 Å². The van der Waals surface area contributed by atoms with Crippen molar-refractivity contribution in [3.05, 3.63) is 188 Å². The van der Waals surface area contributed by atoms with Crippen LogP contribution in [0.2, 0.25) is 0 Å². The van der Waals surface area contributed by atoms with Gasteiger partial charge in [-0.15, -0.1) is 0 Å². The molecule has 0 bridgehead atoms. The fourth-order valence-electron chi connectivity index (χ4n) is 9.03.